The summed E-state index contributed by atoms with van der Waals surface area (Å²) in [4.78, 5) is 7.27. The van der Waals surface area contributed by atoms with Crippen LogP contribution in [-0.4, -0.2) is 23.1 Å². The number of thiazole rings is 1. The van der Waals surface area contributed by atoms with E-state index in [0.717, 1.165) is 19.1 Å². The van der Waals surface area contributed by atoms with Gasteiger partial charge in [-0.1, -0.05) is 6.92 Å². The normalized spacial score (nSPS) is 16.0. The SMILES string of the molecule is CCCN(c1nc(CNC(C)(C)C)cs1)C1CC1. The molecule has 0 aromatic carbocycles. The number of nitrogens with zero attached hydrogens (tertiary/aromatic N) is 2. The molecule has 1 aromatic rings. The first-order valence-electron chi connectivity index (χ1n) is 6.95. The highest BCUT2D eigenvalue weighted by Crippen LogP contribution is 2.33. The second-order valence-corrected chi connectivity index (χ2v) is 6.99. The maximum atomic E-state index is 4.78. The zero-order valence-corrected chi connectivity index (χ0v) is 12.8. The van der Waals surface area contributed by atoms with Gasteiger partial charge < -0.3 is 10.2 Å². The smallest absolute Gasteiger partial charge is 0.185 e. The van der Waals surface area contributed by atoms with Crippen molar-refractivity contribution in [1.82, 2.24) is 10.3 Å². The van der Waals surface area contributed by atoms with Crippen molar-refractivity contribution in [2.45, 2.75) is 65.1 Å². The van der Waals surface area contributed by atoms with Crippen LogP contribution in [0.5, 0.6) is 0 Å². The lowest BCUT2D eigenvalue weighted by Crippen LogP contribution is -2.35. The number of hydrogen-bond donors (Lipinski definition) is 1. The molecule has 0 bridgehead atoms. The predicted octanol–water partition coefficient (Wildman–Crippen LogP) is 3.41. The third-order valence-electron chi connectivity index (χ3n) is 3.04. The van der Waals surface area contributed by atoms with E-state index in [9.17, 15) is 0 Å². The molecular formula is C14H25N3S. The van der Waals surface area contributed by atoms with E-state index in [1.807, 2.05) is 0 Å². The summed E-state index contributed by atoms with van der Waals surface area (Å²) in [6.07, 6.45) is 3.88. The van der Waals surface area contributed by atoms with Crippen molar-refractivity contribution in [1.29, 1.82) is 0 Å². The maximum absolute atomic E-state index is 4.78. The van der Waals surface area contributed by atoms with E-state index in [1.165, 1.54) is 30.1 Å². The molecule has 1 fully saturated rings. The van der Waals surface area contributed by atoms with Gasteiger partial charge in [0.25, 0.3) is 0 Å². The fourth-order valence-electron chi connectivity index (χ4n) is 1.93. The highest BCUT2D eigenvalue weighted by molar-refractivity contribution is 7.13. The summed E-state index contributed by atoms with van der Waals surface area (Å²) in [5.41, 5.74) is 1.33. The van der Waals surface area contributed by atoms with Gasteiger partial charge in [0, 0.05) is 30.1 Å². The Bertz CT molecular complexity index is 377. The molecule has 1 aliphatic rings. The van der Waals surface area contributed by atoms with Gasteiger partial charge in [-0.3, -0.25) is 0 Å². The number of hydrogen-bond acceptors (Lipinski definition) is 4. The first-order valence-corrected chi connectivity index (χ1v) is 7.83. The molecule has 1 aromatic heterocycles. The number of nitrogens with one attached hydrogen (secondary N) is 1. The van der Waals surface area contributed by atoms with E-state index in [1.54, 1.807) is 11.3 Å². The molecule has 1 N–H and O–H groups in total. The van der Waals surface area contributed by atoms with Crippen LogP contribution in [0.1, 0.15) is 52.7 Å². The summed E-state index contributed by atoms with van der Waals surface area (Å²) in [5.74, 6) is 0. The topological polar surface area (TPSA) is 28.2 Å². The third kappa shape index (κ3) is 3.95. The molecule has 0 atom stereocenters. The van der Waals surface area contributed by atoms with Crippen LogP contribution in [0.25, 0.3) is 0 Å². The molecule has 2 rings (SSSR count). The number of anilines is 1. The predicted molar refractivity (Wildman–Crippen MR) is 79.4 cm³/mol. The Kier molecular flexibility index (Phi) is 4.28. The standard InChI is InChI=1S/C14H25N3S/c1-5-8-17(12-6-7-12)13-16-11(10-18-13)9-15-14(2,3)4/h10,12,15H,5-9H2,1-4H3. The van der Waals surface area contributed by atoms with Crippen LogP contribution in [0.15, 0.2) is 5.38 Å². The monoisotopic (exact) mass is 267 g/mol. The van der Waals surface area contributed by atoms with Crippen LogP contribution in [-0.2, 0) is 6.54 Å². The number of aromatic nitrogens is 1. The first-order chi connectivity index (χ1) is 8.49. The molecule has 0 spiro atoms. The van der Waals surface area contributed by atoms with Crippen LogP contribution in [0.3, 0.4) is 0 Å². The minimum Gasteiger partial charge on any atom is -0.345 e. The molecule has 0 saturated heterocycles. The Hall–Kier alpha value is -0.610. The van der Waals surface area contributed by atoms with Crippen molar-refractivity contribution >= 4 is 16.5 Å². The van der Waals surface area contributed by atoms with Crippen LogP contribution >= 0.6 is 11.3 Å². The van der Waals surface area contributed by atoms with Gasteiger partial charge in [-0.2, -0.15) is 0 Å². The zero-order valence-electron chi connectivity index (χ0n) is 12.0. The molecule has 0 aliphatic heterocycles. The van der Waals surface area contributed by atoms with Gasteiger partial charge >= 0.3 is 0 Å². The van der Waals surface area contributed by atoms with Crippen molar-refractivity contribution < 1.29 is 0 Å². The molecule has 1 heterocycles. The summed E-state index contributed by atoms with van der Waals surface area (Å²) in [6, 6.07) is 0.763. The molecule has 1 aliphatic carbocycles. The second-order valence-electron chi connectivity index (χ2n) is 6.15. The van der Waals surface area contributed by atoms with Crippen molar-refractivity contribution in [2.24, 2.45) is 0 Å². The molecule has 0 unspecified atom stereocenters. The molecule has 0 amide bonds. The quantitative estimate of drug-likeness (QED) is 0.856. The van der Waals surface area contributed by atoms with Gasteiger partial charge in [0.2, 0.25) is 0 Å². The Labute approximate surface area is 115 Å². The van der Waals surface area contributed by atoms with E-state index in [2.05, 4.69) is 43.3 Å². The first kappa shape index (κ1) is 13.8. The Morgan fingerprint density at radius 1 is 1.44 bits per heavy atom. The molecule has 3 nitrogen and oxygen atoms in total. The summed E-state index contributed by atoms with van der Waals surface area (Å²) in [6.45, 7) is 10.8. The van der Waals surface area contributed by atoms with E-state index in [0.29, 0.717) is 0 Å². The van der Waals surface area contributed by atoms with Gasteiger partial charge in [0.05, 0.1) is 5.69 Å². The minimum absolute atomic E-state index is 0.156. The average Bonchev–Trinajstić information content (AvgIpc) is 3.01. The Morgan fingerprint density at radius 2 is 2.17 bits per heavy atom. The molecule has 4 heteroatoms. The van der Waals surface area contributed by atoms with Gasteiger partial charge in [0.1, 0.15) is 0 Å². The van der Waals surface area contributed by atoms with E-state index < -0.39 is 0 Å². The van der Waals surface area contributed by atoms with Gasteiger partial charge in [0.15, 0.2) is 5.13 Å². The van der Waals surface area contributed by atoms with Crippen molar-refractivity contribution in [3.8, 4) is 0 Å². The number of rotatable bonds is 6. The lowest BCUT2D eigenvalue weighted by atomic mass is 10.1. The summed E-state index contributed by atoms with van der Waals surface area (Å²) in [7, 11) is 0. The van der Waals surface area contributed by atoms with Gasteiger partial charge in [-0.15, -0.1) is 11.3 Å². The van der Waals surface area contributed by atoms with Crippen LogP contribution < -0.4 is 10.2 Å². The fraction of sp³-hybridized carbons (Fsp3) is 0.786. The van der Waals surface area contributed by atoms with Crippen LogP contribution in [0.2, 0.25) is 0 Å². The second kappa shape index (κ2) is 5.57. The summed E-state index contributed by atoms with van der Waals surface area (Å²) in [5, 5.41) is 6.90. The maximum Gasteiger partial charge on any atom is 0.185 e. The largest absolute Gasteiger partial charge is 0.345 e. The molecule has 0 radical (unpaired) electrons. The molecule has 102 valence electrons. The van der Waals surface area contributed by atoms with Crippen molar-refractivity contribution in [3.63, 3.8) is 0 Å². The van der Waals surface area contributed by atoms with E-state index in [4.69, 9.17) is 4.98 Å². The summed E-state index contributed by atoms with van der Waals surface area (Å²) >= 11 is 1.79. The zero-order chi connectivity index (χ0) is 13.2. The highest BCUT2D eigenvalue weighted by Gasteiger charge is 2.30. The molecule has 18 heavy (non-hydrogen) atoms. The summed E-state index contributed by atoms with van der Waals surface area (Å²) < 4.78 is 0. The minimum atomic E-state index is 0.156. The fourth-order valence-corrected chi connectivity index (χ4v) is 2.85. The average molecular weight is 267 g/mol. The van der Waals surface area contributed by atoms with Crippen molar-refractivity contribution in [3.05, 3.63) is 11.1 Å². The molecular weight excluding hydrogens is 242 g/mol. The highest BCUT2D eigenvalue weighted by atomic mass is 32.1. The Balaban J connectivity index is 1.95. The van der Waals surface area contributed by atoms with Gasteiger partial charge in [-0.25, -0.2) is 4.98 Å². The van der Waals surface area contributed by atoms with E-state index in [-0.39, 0.29) is 5.54 Å². The van der Waals surface area contributed by atoms with Crippen LogP contribution in [0, 0.1) is 0 Å². The van der Waals surface area contributed by atoms with Crippen LogP contribution in [0.4, 0.5) is 5.13 Å². The Morgan fingerprint density at radius 3 is 2.72 bits per heavy atom. The van der Waals surface area contributed by atoms with E-state index >= 15 is 0 Å². The third-order valence-corrected chi connectivity index (χ3v) is 3.96. The molecule has 1 saturated carbocycles. The lowest BCUT2D eigenvalue weighted by Gasteiger charge is -2.21. The lowest BCUT2D eigenvalue weighted by molar-refractivity contribution is 0.422. The van der Waals surface area contributed by atoms with Gasteiger partial charge in [-0.05, 0) is 40.0 Å². The van der Waals surface area contributed by atoms with Crippen molar-refractivity contribution in [2.75, 3.05) is 11.4 Å².